The summed E-state index contributed by atoms with van der Waals surface area (Å²) in [5.41, 5.74) is 4.88. The first-order chi connectivity index (χ1) is 14.3. The number of hydrogen-bond acceptors (Lipinski definition) is 6. The lowest BCUT2D eigenvalue weighted by Crippen LogP contribution is -2.36. The predicted molar refractivity (Wildman–Crippen MR) is 102 cm³/mol. The standard InChI is InChI=1S/C19H22F3N5O3/c1-2-3-4-10-29-15-8-7-12(11-13(15)19(20,21)22)16-24-17(30-26-16)14-6-5-9-27(14)18(23)25-28/h3-4,7-8,11,14,28H,2,5-6,9-10H2,1H3,(H2,23,25)/b4-3+/t14-/m0/s1. The molecule has 162 valence electrons. The van der Waals surface area contributed by atoms with E-state index in [-0.39, 0.29) is 35.6 Å². The van der Waals surface area contributed by atoms with Crippen LogP contribution in [0.4, 0.5) is 13.2 Å². The van der Waals surface area contributed by atoms with Crippen molar-refractivity contribution in [1.82, 2.24) is 15.0 Å². The number of ether oxygens (including phenoxy) is 1. The monoisotopic (exact) mass is 425 g/mol. The van der Waals surface area contributed by atoms with Gasteiger partial charge in [-0.25, -0.2) is 0 Å². The largest absolute Gasteiger partial charge is 0.489 e. The number of aromatic nitrogens is 2. The fourth-order valence-electron chi connectivity index (χ4n) is 3.23. The number of halogens is 3. The van der Waals surface area contributed by atoms with Crippen LogP contribution in [0.3, 0.4) is 0 Å². The van der Waals surface area contributed by atoms with E-state index in [9.17, 15) is 13.2 Å². The van der Waals surface area contributed by atoms with Crippen LogP contribution in [-0.2, 0) is 6.18 Å². The Morgan fingerprint density at radius 1 is 1.43 bits per heavy atom. The van der Waals surface area contributed by atoms with Crippen LogP contribution in [0.25, 0.3) is 11.4 Å². The molecular weight excluding hydrogens is 403 g/mol. The maximum absolute atomic E-state index is 13.5. The Morgan fingerprint density at radius 2 is 2.23 bits per heavy atom. The van der Waals surface area contributed by atoms with Crippen molar-refractivity contribution >= 4 is 5.96 Å². The van der Waals surface area contributed by atoms with E-state index < -0.39 is 17.8 Å². The van der Waals surface area contributed by atoms with Gasteiger partial charge in [0.2, 0.25) is 17.7 Å². The van der Waals surface area contributed by atoms with Gasteiger partial charge in [0.15, 0.2) is 0 Å². The first-order valence-corrected chi connectivity index (χ1v) is 9.42. The molecule has 2 heterocycles. The van der Waals surface area contributed by atoms with Crippen molar-refractivity contribution in [2.45, 2.75) is 38.4 Å². The highest BCUT2D eigenvalue weighted by Gasteiger charge is 2.36. The second-order valence-corrected chi connectivity index (χ2v) is 6.67. The van der Waals surface area contributed by atoms with E-state index in [4.69, 9.17) is 20.2 Å². The van der Waals surface area contributed by atoms with Crippen LogP contribution in [0, 0.1) is 0 Å². The number of guanidine groups is 1. The summed E-state index contributed by atoms with van der Waals surface area (Å²) in [5, 5.41) is 15.7. The molecule has 1 aliphatic rings. The quantitative estimate of drug-likeness (QED) is 0.237. The van der Waals surface area contributed by atoms with Gasteiger partial charge in [-0.2, -0.15) is 18.2 Å². The van der Waals surface area contributed by atoms with Gasteiger partial charge in [0.05, 0.1) is 5.56 Å². The summed E-state index contributed by atoms with van der Waals surface area (Å²) in [6.07, 6.45) is 1.01. The van der Waals surface area contributed by atoms with Crippen molar-refractivity contribution in [3.05, 3.63) is 41.8 Å². The lowest BCUT2D eigenvalue weighted by Gasteiger charge is -2.21. The lowest BCUT2D eigenvalue weighted by atomic mass is 10.1. The number of benzene rings is 1. The average Bonchev–Trinajstić information content (AvgIpc) is 3.39. The molecule has 1 fully saturated rings. The maximum atomic E-state index is 13.5. The van der Waals surface area contributed by atoms with Gasteiger partial charge < -0.3 is 25.1 Å². The molecule has 2 aromatic rings. The average molecular weight is 425 g/mol. The normalized spacial score (nSPS) is 17.8. The van der Waals surface area contributed by atoms with Crippen LogP contribution in [0.2, 0.25) is 0 Å². The molecule has 0 unspecified atom stereocenters. The van der Waals surface area contributed by atoms with Crippen LogP contribution in [0.15, 0.2) is 40.0 Å². The third kappa shape index (κ3) is 4.66. The van der Waals surface area contributed by atoms with Gasteiger partial charge in [0.1, 0.15) is 18.4 Å². The first-order valence-electron chi connectivity index (χ1n) is 9.42. The zero-order valence-corrected chi connectivity index (χ0v) is 16.3. The number of rotatable bonds is 6. The van der Waals surface area contributed by atoms with Gasteiger partial charge in [-0.05, 0) is 37.5 Å². The molecule has 0 saturated carbocycles. The number of oxime groups is 1. The van der Waals surface area contributed by atoms with Gasteiger partial charge in [-0.3, -0.25) is 0 Å². The van der Waals surface area contributed by atoms with Crippen molar-refractivity contribution < 1.29 is 27.6 Å². The summed E-state index contributed by atoms with van der Waals surface area (Å²) in [4.78, 5) is 5.83. The van der Waals surface area contributed by atoms with Crippen LogP contribution in [0.5, 0.6) is 5.75 Å². The van der Waals surface area contributed by atoms with E-state index in [1.165, 1.54) is 12.1 Å². The lowest BCUT2D eigenvalue weighted by molar-refractivity contribution is -0.138. The molecule has 1 saturated heterocycles. The fourth-order valence-corrected chi connectivity index (χ4v) is 3.23. The molecule has 0 bridgehead atoms. The molecule has 11 heteroatoms. The predicted octanol–water partition coefficient (Wildman–Crippen LogP) is 3.94. The molecule has 8 nitrogen and oxygen atoms in total. The van der Waals surface area contributed by atoms with Gasteiger partial charge in [-0.15, -0.1) is 0 Å². The molecule has 1 aromatic carbocycles. The summed E-state index contributed by atoms with van der Waals surface area (Å²) in [7, 11) is 0. The van der Waals surface area contributed by atoms with Gasteiger partial charge in [-0.1, -0.05) is 29.4 Å². The maximum Gasteiger partial charge on any atom is 0.419 e. The molecule has 0 radical (unpaired) electrons. The smallest absolute Gasteiger partial charge is 0.419 e. The van der Waals surface area contributed by atoms with Crippen molar-refractivity contribution in [2.24, 2.45) is 10.9 Å². The summed E-state index contributed by atoms with van der Waals surface area (Å²) in [6.45, 7) is 2.49. The van der Waals surface area contributed by atoms with Crippen LogP contribution < -0.4 is 10.5 Å². The van der Waals surface area contributed by atoms with Crippen LogP contribution in [-0.4, -0.2) is 39.4 Å². The molecule has 3 rings (SSSR count). The Labute approximate surface area is 170 Å². The minimum absolute atomic E-state index is 0.0132. The minimum Gasteiger partial charge on any atom is -0.489 e. The summed E-state index contributed by atoms with van der Waals surface area (Å²) in [5.74, 6) is -0.160. The van der Waals surface area contributed by atoms with Crippen molar-refractivity contribution in [3.8, 4) is 17.1 Å². The van der Waals surface area contributed by atoms with Gasteiger partial charge in [0, 0.05) is 12.1 Å². The molecule has 30 heavy (non-hydrogen) atoms. The molecule has 1 aliphatic heterocycles. The van der Waals surface area contributed by atoms with E-state index in [0.717, 1.165) is 18.9 Å². The van der Waals surface area contributed by atoms with E-state index in [0.29, 0.717) is 13.0 Å². The number of allylic oxidation sites excluding steroid dienone is 1. The molecule has 0 amide bonds. The van der Waals surface area contributed by atoms with E-state index in [1.54, 1.807) is 11.0 Å². The zero-order chi connectivity index (χ0) is 21.7. The van der Waals surface area contributed by atoms with Crippen molar-refractivity contribution in [2.75, 3.05) is 13.2 Å². The number of alkyl halides is 3. The summed E-state index contributed by atoms with van der Waals surface area (Å²) >= 11 is 0. The summed E-state index contributed by atoms with van der Waals surface area (Å²) < 4.78 is 51.1. The van der Waals surface area contributed by atoms with E-state index in [1.807, 2.05) is 13.0 Å². The third-order valence-electron chi connectivity index (χ3n) is 4.66. The zero-order valence-electron chi connectivity index (χ0n) is 16.3. The Kier molecular flexibility index (Phi) is 6.48. The van der Waals surface area contributed by atoms with Crippen LogP contribution >= 0.6 is 0 Å². The second-order valence-electron chi connectivity index (χ2n) is 6.67. The molecule has 1 atom stereocenters. The molecular formula is C19H22F3N5O3. The second kappa shape index (κ2) is 9.06. The van der Waals surface area contributed by atoms with E-state index in [2.05, 4.69) is 15.3 Å². The Balaban J connectivity index is 1.87. The Hall–Kier alpha value is -3.24. The third-order valence-corrected chi connectivity index (χ3v) is 4.66. The molecule has 0 aliphatic carbocycles. The number of hydrogen-bond donors (Lipinski definition) is 2. The highest BCUT2D eigenvalue weighted by Crippen LogP contribution is 2.39. The number of nitrogens with zero attached hydrogens (tertiary/aromatic N) is 4. The van der Waals surface area contributed by atoms with Gasteiger partial charge in [0.25, 0.3) is 0 Å². The number of likely N-dealkylation sites (tertiary alicyclic amines) is 1. The summed E-state index contributed by atoms with van der Waals surface area (Å²) in [6, 6.07) is 3.21. The van der Waals surface area contributed by atoms with Crippen LogP contribution in [0.1, 0.15) is 43.7 Å². The SMILES string of the molecule is CC/C=C/COc1ccc(-c2noc([C@@H]3CCCN3/C(N)=N/O)n2)cc1C(F)(F)F. The molecule has 0 spiro atoms. The minimum atomic E-state index is -4.61. The Bertz CT molecular complexity index is 926. The van der Waals surface area contributed by atoms with Crippen molar-refractivity contribution in [1.29, 1.82) is 0 Å². The molecule has 3 N–H and O–H groups in total. The topological polar surface area (TPSA) is 110 Å². The van der Waals surface area contributed by atoms with E-state index >= 15 is 0 Å². The first kappa shape index (κ1) is 21.5. The van der Waals surface area contributed by atoms with Gasteiger partial charge >= 0.3 is 6.18 Å². The highest BCUT2D eigenvalue weighted by atomic mass is 19.4. The number of nitrogens with two attached hydrogens (primary N) is 1. The van der Waals surface area contributed by atoms with Crippen molar-refractivity contribution in [3.63, 3.8) is 0 Å². The Morgan fingerprint density at radius 3 is 2.93 bits per heavy atom. The molecule has 1 aromatic heterocycles. The fraction of sp³-hybridized carbons (Fsp3) is 0.421. The highest BCUT2D eigenvalue weighted by molar-refractivity contribution is 5.78.